The maximum absolute atomic E-state index is 13.1. The fraction of sp³-hybridized carbons (Fsp3) is 0.593. The second kappa shape index (κ2) is 8.82. The summed E-state index contributed by atoms with van der Waals surface area (Å²) < 4.78 is 7.66. The van der Waals surface area contributed by atoms with Crippen LogP contribution in [0.15, 0.2) is 24.3 Å². The van der Waals surface area contributed by atoms with Crippen LogP contribution in [0.2, 0.25) is 0 Å². The molecule has 31 heavy (non-hydrogen) atoms. The van der Waals surface area contributed by atoms with Crippen molar-refractivity contribution >= 4 is 5.91 Å². The van der Waals surface area contributed by atoms with E-state index >= 15 is 0 Å². The highest BCUT2D eigenvalue weighted by atomic mass is 16.5. The zero-order valence-electron chi connectivity index (χ0n) is 19.9. The second-order valence-corrected chi connectivity index (χ2v) is 10.7. The third-order valence-electron chi connectivity index (χ3n) is 6.99. The van der Waals surface area contributed by atoms with E-state index < -0.39 is 0 Å². The number of ether oxygens (including phenoxy) is 1. The summed E-state index contributed by atoms with van der Waals surface area (Å²) in [4.78, 5) is 13.1. The Balaban J connectivity index is 1.75. The van der Waals surface area contributed by atoms with Gasteiger partial charge in [0.1, 0.15) is 0 Å². The molecule has 0 unspecified atom stereocenters. The summed E-state index contributed by atoms with van der Waals surface area (Å²) in [7, 11) is 0. The minimum Gasteiger partial charge on any atom is -0.377 e. The first-order valence-corrected chi connectivity index (χ1v) is 11.9. The summed E-state index contributed by atoms with van der Waals surface area (Å²) in [5.74, 6) is 0.722. The van der Waals surface area contributed by atoms with Gasteiger partial charge in [0.15, 0.2) is 0 Å². The third-order valence-corrected chi connectivity index (χ3v) is 6.99. The van der Waals surface area contributed by atoms with Gasteiger partial charge in [0, 0.05) is 17.9 Å². The Bertz CT molecular complexity index is 941. The molecule has 4 heteroatoms. The lowest BCUT2D eigenvalue weighted by Crippen LogP contribution is -2.48. The van der Waals surface area contributed by atoms with Crippen LogP contribution in [0.5, 0.6) is 0 Å². The van der Waals surface area contributed by atoms with E-state index in [9.17, 15) is 4.79 Å². The summed E-state index contributed by atoms with van der Waals surface area (Å²) >= 11 is 0. The van der Waals surface area contributed by atoms with Crippen molar-refractivity contribution < 1.29 is 9.53 Å². The van der Waals surface area contributed by atoms with Crippen LogP contribution in [0.25, 0.3) is 11.3 Å². The van der Waals surface area contributed by atoms with Crippen LogP contribution in [0.4, 0.5) is 0 Å². The molecule has 1 aromatic heterocycles. The van der Waals surface area contributed by atoms with Gasteiger partial charge in [-0.1, -0.05) is 51.7 Å². The molecule has 1 amide bonds. The lowest BCUT2D eigenvalue weighted by molar-refractivity contribution is -0.00347. The molecule has 168 valence electrons. The van der Waals surface area contributed by atoms with E-state index in [0.717, 1.165) is 17.8 Å². The van der Waals surface area contributed by atoms with Crippen LogP contribution in [0, 0.1) is 19.8 Å². The maximum atomic E-state index is 13.1. The number of aryl methyl sites for hydroxylation is 1. The number of nitrogens with one attached hydrogen (secondary N) is 1. The summed E-state index contributed by atoms with van der Waals surface area (Å²) in [6.45, 7) is 13.3. The van der Waals surface area contributed by atoms with Crippen molar-refractivity contribution in [3.8, 4) is 11.3 Å². The first kappa shape index (κ1) is 22.1. The smallest absolute Gasteiger partial charge is 0.253 e. The van der Waals surface area contributed by atoms with E-state index in [0.29, 0.717) is 19.1 Å². The van der Waals surface area contributed by atoms with Gasteiger partial charge in [-0.05, 0) is 67.3 Å². The number of amides is 1. The molecule has 2 fully saturated rings. The molecule has 1 N–H and O–H groups in total. The summed E-state index contributed by atoms with van der Waals surface area (Å²) in [5.41, 5.74) is 6.96. The van der Waals surface area contributed by atoms with Crippen molar-refractivity contribution in [2.45, 2.75) is 84.7 Å². The molecule has 2 aromatic rings. The van der Waals surface area contributed by atoms with E-state index in [1.54, 1.807) is 0 Å². The topological polar surface area (TPSA) is 43.3 Å². The number of hydrogen-bond acceptors (Lipinski definition) is 2. The first-order valence-electron chi connectivity index (χ1n) is 11.9. The SMILES string of the molecule is Cc1cc(-c2cc(C(=O)NC3COC3)c(C)n2CC2CCCCC2)cc(C(C)(C)C)c1. The molecule has 1 aliphatic heterocycles. The van der Waals surface area contributed by atoms with E-state index in [4.69, 9.17) is 4.74 Å². The number of benzene rings is 1. The molecule has 1 aromatic carbocycles. The predicted octanol–water partition coefficient (Wildman–Crippen LogP) is 5.78. The molecular formula is C27H38N2O2. The highest BCUT2D eigenvalue weighted by Gasteiger charge is 2.26. The average Bonchev–Trinajstić information content (AvgIpc) is 3.01. The Morgan fingerprint density at radius 1 is 1.06 bits per heavy atom. The van der Waals surface area contributed by atoms with Crippen molar-refractivity contribution in [1.29, 1.82) is 0 Å². The molecule has 0 spiro atoms. The highest BCUT2D eigenvalue weighted by molar-refractivity contribution is 5.97. The van der Waals surface area contributed by atoms with Gasteiger partial charge in [-0.2, -0.15) is 0 Å². The molecule has 0 bridgehead atoms. The molecular weight excluding hydrogens is 384 g/mol. The fourth-order valence-electron chi connectivity index (χ4n) is 4.92. The summed E-state index contributed by atoms with van der Waals surface area (Å²) in [5, 5.41) is 3.14. The number of hydrogen-bond donors (Lipinski definition) is 1. The number of rotatable bonds is 5. The van der Waals surface area contributed by atoms with Crippen LogP contribution in [0.3, 0.4) is 0 Å². The standard InChI is InChI=1S/C27H38N2O2/c1-18-11-21(13-22(12-18)27(3,4)5)25-14-24(26(30)28-23-16-31-17-23)19(2)29(25)15-20-9-7-6-8-10-20/h11-14,20,23H,6-10,15-17H2,1-5H3,(H,28,30). The van der Waals surface area contributed by atoms with Gasteiger partial charge < -0.3 is 14.6 Å². The largest absolute Gasteiger partial charge is 0.377 e. The zero-order chi connectivity index (χ0) is 22.2. The monoisotopic (exact) mass is 422 g/mol. The van der Waals surface area contributed by atoms with Crippen LogP contribution >= 0.6 is 0 Å². The predicted molar refractivity (Wildman–Crippen MR) is 127 cm³/mol. The minimum absolute atomic E-state index is 0.0261. The molecule has 2 heterocycles. The van der Waals surface area contributed by atoms with Crippen LogP contribution in [0.1, 0.15) is 80.1 Å². The van der Waals surface area contributed by atoms with Gasteiger partial charge >= 0.3 is 0 Å². The summed E-state index contributed by atoms with van der Waals surface area (Å²) in [6, 6.07) is 9.13. The number of carbonyl (C=O) groups is 1. The van der Waals surface area contributed by atoms with Crippen LogP contribution < -0.4 is 5.32 Å². The first-order chi connectivity index (χ1) is 14.7. The Kier molecular flexibility index (Phi) is 6.30. The van der Waals surface area contributed by atoms with Gasteiger partial charge in [-0.25, -0.2) is 0 Å². The number of aromatic nitrogens is 1. The van der Waals surface area contributed by atoms with Gasteiger partial charge in [-0.3, -0.25) is 4.79 Å². The number of carbonyl (C=O) groups excluding carboxylic acids is 1. The van der Waals surface area contributed by atoms with Gasteiger partial charge in [-0.15, -0.1) is 0 Å². The molecule has 0 atom stereocenters. The fourth-order valence-corrected chi connectivity index (χ4v) is 4.92. The van der Waals surface area contributed by atoms with Crippen molar-refractivity contribution in [3.63, 3.8) is 0 Å². The van der Waals surface area contributed by atoms with E-state index in [-0.39, 0.29) is 17.4 Å². The van der Waals surface area contributed by atoms with E-state index in [1.807, 2.05) is 0 Å². The highest BCUT2D eigenvalue weighted by Crippen LogP contribution is 2.34. The lowest BCUT2D eigenvalue weighted by atomic mass is 9.84. The zero-order valence-corrected chi connectivity index (χ0v) is 19.9. The third kappa shape index (κ3) is 4.90. The minimum atomic E-state index is 0.0261. The van der Waals surface area contributed by atoms with Crippen molar-refractivity contribution in [1.82, 2.24) is 9.88 Å². The van der Waals surface area contributed by atoms with Crippen molar-refractivity contribution in [2.24, 2.45) is 5.92 Å². The molecule has 2 aliphatic rings. The normalized spacial score (nSPS) is 18.1. The van der Waals surface area contributed by atoms with E-state index in [1.165, 1.54) is 54.5 Å². The average molecular weight is 423 g/mol. The quantitative estimate of drug-likeness (QED) is 0.664. The number of nitrogens with zero attached hydrogens (tertiary/aromatic N) is 1. The van der Waals surface area contributed by atoms with E-state index in [2.05, 4.69) is 68.8 Å². The van der Waals surface area contributed by atoms with Crippen LogP contribution in [-0.2, 0) is 16.7 Å². The Hall–Kier alpha value is -2.07. The Labute approximate surface area is 187 Å². The molecule has 0 radical (unpaired) electrons. The van der Waals surface area contributed by atoms with Crippen LogP contribution in [-0.4, -0.2) is 29.7 Å². The molecule has 1 aliphatic carbocycles. The maximum Gasteiger partial charge on any atom is 0.253 e. The second-order valence-electron chi connectivity index (χ2n) is 10.7. The molecule has 1 saturated carbocycles. The van der Waals surface area contributed by atoms with Gasteiger partial charge in [0.05, 0.1) is 24.8 Å². The molecule has 4 rings (SSSR count). The van der Waals surface area contributed by atoms with Gasteiger partial charge in [0.25, 0.3) is 5.91 Å². The Morgan fingerprint density at radius 2 is 1.77 bits per heavy atom. The summed E-state index contributed by atoms with van der Waals surface area (Å²) in [6.07, 6.45) is 6.60. The lowest BCUT2D eigenvalue weighted by Gasteiger charge is -2.27. The van der Waals surface area contributed by atoms with Crippen molar-refractivity contribution in [3.05, 3.63) is 46.6 Å². The Morgan fingerprint density at radius 3 is 2.39 bits per heavy atom. The van der Waals surface area contributed by atoms with Gasteiger partial charge in [0.2, 0.25) is 0 Å². The molecule has 4 nitrogen and oxygen atoms in total. The van der Waals surface area contributed by atoms with Crippen molar-refractivity contribution in [2.75, 3.05) is 13.2 Å². The molecule has 1 saturated heterocycles.